The third-order valence-electron chi connectivity index (χ3n) is 3.08. The molecule has 0 aliphatic carbocycles. The number of halogens is 2. The Morgan fingerprint density at radius 2 is 1.88 bits per heavy atom. The molecule has 2 aromatic rings. The van der Waals surface area contributed by atoms with Gasteiger partial charge >= 0.3 is 5.97 Å². The molecule has 0 saturated heterocycles. The van der Waals surface area contributed by atoms with Gasteiger partial charge in [-0.15, -0.1) is 0 Å². The van der Waals surface area contributed by atoms with Gasteiger partial charge in [0.25, 0.3) is 10.0 Å². The predicted molar refractivity (Wildman–Crippen MR) is 89.0 cm³/mol. The van der Waals surface area contributed by atoms with Crippen LogP contribution in [0.5, 0.6) is 0 Å². The summed E-state index contributed by atoms with van der Waals surface area (Å²) in [6, 6.07) is 10.4. The first kappa shape index (κ1) is 18.2. The van der Waals surface area contributed by atoms with Crippen molar-refractivity contribution in [1.82, 2.24) is 0 Å². The minimum Gasteiger partial charge on any atom is -0.465 e. The monoisotopic (exact) mass is 371 g/mol. The van der Waals surface area contributed by atoms with Gasteiger partial charge in [-0.05, 0) is 49.4 Å². The van der Waals surface area contributed by atoms with Crippen molar-refractivity contribution in [2.75, 3.05) is 17.5 Å². The molecule has 0 radical (unpaired) electrons. The molecular formula is C16H15ClFNO4S. The normalized spacial score (nSPS) is 11.1. The molecule has 0 unspecified atom stereocenters. The van der Waals surface area contributed by atoms with Gasteiger partial charge in [-0.2, -0.15) is 0 Å². The third-order valence-corrected chi connectivity index (χ3v) is 5.12. The van der Waals surface area contributed by atoms with Gasteiger partial charge in [0, 0.05) is 5.02 Å². The molecule has 128 valence electrons. The molecule has 5 nitrogen and oxygen atoms in total. The van der Waals surface area contributed by atoms with Crippen molar-refractivity contribution in [3.05, 3.63) is 59.4 Å². The highest BCUT2D eigenvalue weighted by Crippen LogP contribution is 2.25. The van der Waals surface area contributed by atoms with Gasteiger partial charge in [0.05, 0.1) is 17.2 Å². The van der Waals surface area contributed by atoms with Crippen LogP contribution in [0, 0.1) is 5.82 Å². The first-order valence-electron chi connectivity index (χ1n) is 7.04. The Morgan fingerprint density at radius 1 is 1.21 bits per heavy atom. The predicted octanol–water partition coefficient (Wildman–Crippen LogP) is 3.24. The second-order valence-electron chi connectivity index (χ2n) is 4.75. The van der Waals surface area contributed by atoms with E-state index in [1.165, 1.54) is 42.5 Å². The van der Waals surface area contributed by atoms with Crippen LogP contribution in [0.4, 0.5) is 10.1 Å². The van der Waals surface area contributed by atoms with E-state index in [1.54, 1.807) is 6.92 Å². The van der Waals surface area contributed by atoms with Gasteiger partial charge in [-0.3, -0.25) is 9.10 Å². The molecule has 0 amide bonds. The second-order valence-corrected chi connectivity index (χ2v) is 7.05. The molecular weight excluding hydrogens is 357 g/mol. The van der Waals surface area contributed by atoms with E-state index < -0.39 is 28.4 Å². The van der Waals surface area contributed by atoms with E-state index in [2.05, 4.69) is 0 Å². The number of ether oxygens (including phenoxy) is 1. The molecule has 0 spiro atoms. The van der Waals surface area contributed by atoms with E-state index in [9.17, 15) is 17.6 Å². The Bertz CT molecular complexity index is 824. The van der Waals surface area contributed by atoms with Crippen LogP contribution in [0.1, 0.15) is 6.92 Å². The van der Waals surface area contributed by atoms with E-state index in [4.69, 9.17) is 16.3 Å². The summed E-state index contributed by atoms with van der Waals surface area (Å²) >= 11 is 5.77. The summed E-state index contributed by atoms with van der Waals surface area (Å²) in [6.45, 7) is 1.15. The van der Waals surface area contributed by atoms with Crippen LogP contribution in [0.15, 0.2) is 53.4 Å². The maximum absolute atomic E-state index is 13.5. The minimum atomic E-state index is -4.09. The smallest absolute Gasteiger partial charge is 0.326 e. The minimum absolute atomic E-state index is 0.0259. The fourth-order valence-electron chi connectivity index (χ4n) is 2.00. The number of anilines is 1. The third kappa shape index (κ3) is 4.24. The van der Waals surface area contributed by atoms with Gasteiger partial charge in [-0.1, -0.05) is 17.7 Å². The van der Waals surface area contributed by atoms with E-state index in [-0.39, 0.29) is 17.2 Å². The zero-order chi connectivity index (χ0) is 17.7. The summed E-state index contributed by atoms with van der Waals surface area (Å²) in [7, 11) is -4.09. The van der Waals surface area contributed by atoms with Crippen molar-refractivity contribution >= 4 is 33.3 Å². The molecule has 0 N–H and O–H groups in total. The van der Waals surface area contributed by atoms with Gasteiger partial charge in [0.2, 0.25) is 0 Å². The van der Waals surface area contributed by atoms with Crippen molar-refractivity contribution in [2.45, 2.75) is 11.8 Å². The maximum atomic E-state index is 13.5. The number of rotatable bonds is 6. The van der Waals surface area contributed by atoms with E-state index in [0.717, 1.165) is 10.4 Å². The molecule has 8 heteroatoms. The van der Waals surface area contributed by atoms with Crippen LogP contribution in [0.3, 0.4) is 0 Å². The van der Waals surface area contributed by atoms with Crippen molar-refractivity contribution in [1.29, 1.82) is 0 Å². The lowest BCUT2D eigenvalue weighted by Crippen LogP contribution is -2.36. The molecule has 2 rings (SSSR count). The van der Waals surface area contributed by atoms with Crippen LogP contribution in [0.25, 0.3) is 0 Å². The van der Waals surface area contributed by atoms with Gasteiger partial charge in [-0.25, -0.2) is 12.8 Å². The van der Waals surface area contributed by atoms with Crippen molar-refractivity contribution in [2.24, 2.45) is 0 Å². The molecule has 0 aromatic heterocycles. The van der Waals surface area contributed by atoms with Gasteiger partial charge in [0.15, 0.2) is 0 Å². The summed E-state index contributed by atoms with van der Waals surface area (Å²) in [4.78, 5) is 11.7. The lowest BCUT2D eigenvalue weighted by atomic mass is 10.3. The zero-order valence-electron chi connectivity index (χ0n) is 12.8. The number of carbonyl (C=O) groups is 1. The highest BCUT2D eigenvalue weighted by Gasteiger charge is 2.28. The van der Waals surface area contributed by atoms with Gasteiger partial charge < -0.3 is 4.74 Å². The molecule has 0 aliphatic rings. The SMILES string of the molecule is CCOC(=O)CN(c1cccc(F)c1)S(=O)(=O)c1ccc(Cl)cc1. The number of carbonyl (C=O) groups excluding carboxylic acids is 1. The summed E-state index contributed by atoms with van der Waals surface area (Å²) in [5.41, 5.74) is 0.0259. The Morgan fingerprint density at radius 3 is 2.46 bits per heavy atom. The molecule has 0 atom stereocenters. The second kappa shape index (κ2) is 7.63. The highest BCUT2D eigenvalue weighted by molar-refractivity contribution is 7.92. The van der Waals surface area contributed by atoms with Crippen LogP contribution >= 0.6 is 11.6 Å². The summed E-state index contributed by atoms with van der Waals surface area (Å²) in [6.07, 6.45) is 0. The summed E-state index contributed by atoms with van der Waals surface area (Å²) < 4.78 is 44.8. The largest absolute Gasteiger partial charge is 0.465 e. The molecule has 0 bridgehead atoms. The quantitative estimate of drug-likeness (QED) is 0.731. The Hall–Kier alpha value is -2.12. The van der Waals surface area contributed by atoms with E-state index in [1.807, 2.05) is 0 Å². The number of hydrogen-bond donors (Lipinski definition) is 0. The fraction of sp³-hybridized carbons (Fsp3) is 0.188. The van der Waals surface area contributed by atoms with Gasteiger partial charge in [0.1, 0.15) is 12.4 Å². The molecule has 0 fully saturated rings. The highest BCUT2D eigenvalue weighted by atomic mass is 35.5. The molecule has 2 aromatic carbocycles. The first-order chi connectivity index (χ1) is 11.3. The standard InChI is InChI=1S/C16H15ClFNO4S/c1-2-23-16(20)11-19(14-5-3-4-13(18)10-14)24(21,22)15-8-6-12(17)7-9-15/h3-10H,2,11H2,1H3. The van der Waals surface area contributed by atoms with E-state index in [0.29, 0.717) is 5.02 Å². The van der Waals surface area contributed by atoms with Crippen molar-refractivity contribution in [3.8, 4) is 0 Å². The number of hydrogen-bond acceptors (Lipinski definition) is 4. The van der Waals surface area contributed by atoms with Crippen LogP contribution in [-0.4, -0.2) is 27.5 Å². The van der Waals surface area contributed by atoms with E-state index >= 15 is 0 Å². The Balaban J connectivity index is 2.48. The maximum Gasteiger partial charge on any atom is 0.326 e. The van der Waals surface area contributed by atoms with Crippen LogP contribution < -0.4 is 4.31 Å². The zero-order valence-corrected chi connectivity index (χ0v) is 14.3. The number of benzene rings is 2. The average Bonchev–Trinajstić information content (AvgIpc) is 2.53. The first-order valence-corrected chi connectivity index (χ1v) is 8.86. The average molecular weight is 372 g/mol. The number of sulfonamides is 1. The lowest BCUT2D eigenvalue weighted by molar-refractivity contribution is -0.141. The fourth-order valence-corrected chi connectivity index (χ4v) is 3.53. The molecule has 0 aliphatic heterocycles. The number of esters is 1. The molecule has 24 heavy (non-hydrogen) atoms. The lowest BCUT2D eigenvalue weighted by Gasteiger charge is -2.23. The van der Waals surface area contributed by atoms with Crippen molar-refractivity contribution in [3.63, 3.8) is 0 Å². The molecule has 0 saturated carbocycles. The van der Waals surface area contributed by atoms with Crippen LogP contribution in [-0.2, 0) is 19.6 Å². The van der Waals surface area contributed by atoms with Crippen molar-refractivity contribution < 1.29 is 22.3 Å². The van der Waals surface area contributed by atoms with Crippen LogP contribution in [0.2, 0.25) is 5.02 Å². The summed E-state index contributed by atoms with van der Waals surface area (Å²) in [5.74, 6) is -1.35. The number of nitrogens with zero attached hydrogens (tertiary/aromatic N) is 1. The Kier molecular flexibility index (Phi) is 5.80. The Labute approximate surface area is 144 Å². The topological polar surface area (TPSA) is 63.7 Å². The summed E-state index contributed by atoms with van der Waals surface area (Å²) in [5, 5.41) is 0.372. The molecule has 0 heterocycles.